The number of halogens is 1. The van der Waals surface area contributed by atoms with Crippen LogP contribution in [0.25, 0.3) is 0 Å². The molecule has 1 saturated carbocycles. The number of aliphatic imine (C=N–C) groups is 1. The smallest absolute Gasteiger partial charge is 0.220 e. The van der Waals surface area contributed by atoms with Crippen LogP contribution >= 0.6 is 0 Å². The fourth-order valence-corrected chi connectivity index (χ4v) is 3.65. The minimum atomic E-state index is -0.292. The van der Waals surface area contributed by atoms with Crippen molar-refractivity contribution in [2.75, 3.05) is 5.73 Å². The van der Waals surface area contributed by atoms with E-state index in [1.165, 1.54) is 25.0 Å². The Morgan fingerprint density at radius 2 is 2.00 bits per heavy atom. The SMILES string of the molecule is Cc1nc(N)nc2c1C=N[C@@H](c1ccc(F)cc1OC1CCCC1)C2. The summed E-state index contributed by atoms with van der Waals surface area (Å²) in [7, 11) is 0. The second-order valence-corrected chi connectivity index (χ2v) is 6.73. The van der Waals surface area contributed by atoms with E-state index >= 15 is 0 Å². The predicted octanol–water partition coefficient (Wildman–Crippen LogP) is 3.54. The van der Waals surface area contributed by atoms with Crippen molar-refractivity contribution in [1.29, 1.82) is 0 Å². The third-order valence-electron chi connectivity index (χ3n) is 4.93. The van der Waals surface area contributed by atoms with Gasteiger partial charge in [0.2, 0.25) is 5.95 Å². The summed E-state index contributed by atoms with van der Waals surface area (Å²) in [5.41, 5.74) is 9.30. The summed E-state index contributed by atoms with van der Waals surface area (Å²) in [5, 5.41) is 0. The number of nitrogens with zero attached hydrogens (tertiary/aromatic N) is 3. The number of aryl methyl sites for hydroxylation is 1. The Kier molecular flexibility index (Phi) is 4.11. The maximum absolute atomic E-state index is 13.8. The number of fused-ring (bicyclic) bond motifs is 1. The van der Waals surface area contributed by atoms with E-state index in [-0.39, 0.29) is 23.9 Å². The number of nitrogen functional groups attached to an aromatic ring is 1. The van der Waals surface area contributed by atoms with Crippen LogP contribution in [0.3, 0.4) is 0 Å². The van der Waals surface area contributed by atoms with Crippen molar-refractivity contribution in [3.05, 3.63) is 46.5 Å². The van der Waals surface area contributed by atoms with Gasteiger partial charge in [-0.3, -0.25) is 4.99 Å². The van der Waals surface area contributed by atoms with Crippen LogP contribution in [0.4, 0.5) is 10.3 Å². The van der Waals surface area contributed by atoms with E-state index in [1.54, 1.807) is 12.3 Å². The molecule has 0 spiro atoms. The first-order valence-corrected chi connectivity index (χ1v) is 8.72. The lowest BCUT2D eigenvalue weighted by Gasteiger charge is -2.23. The number of hydrogen-bond donors (Lipinski definition) is 1. The number of hydrogen-bond acceptors (Lipinski definition) is 5. The van der Waals surface area contributed by atoms with Crippen molar-refractivity contribution < 1.29 is 9.13 Å². The molecule has 2 N–H and O–H groups in total. The second kappa shape index (κ2) is 6.43. The van der Waals surface area contributed by atoms with Crippen LogP contribution in [0.2, 0.25) is 0 Å². The minimum Gasteiger partial charge on any atom is -0.490 e. The van der Waals surface area contributed by atoms with Gasteiger partial charge < -0.3 is 10.5 Å². The Labute approximate surface area is 146 Å². The minimum absolute atomic E-state index is 0.154. The fourth-order valence-electron chi connectivity index (χ4n) is 3.65. The number of anilines is 1. The van der Waals surface area contributed by atoms with E-state index in [4.69, 9.17) is 10.5 Å². The predicted molar refractivity (Wildman–Crippen MR) is 94.5 cm³/mol. The molecule has 5 nitrogen and oxygen atoms in total. The summed E-state index contributed by atoms with van der Waals surface area (Å²) in [4.78, 5) is 13.2. The van der Waals surface area contributed by atoms with Crippen molar-refractivity contribution in [2.45, 2.75) is 51.2 Å². The molecule has 1 aromatic heterocycles. The Morgan fingerprint density at radius 1 is 1.20 bits per heavy atom. The summed E-state index contributed by atoms with van der Waals surface area (Å²) in [6.07, 6.45) is 6.94. The van der Waals surface area contributed by atoms with E-state index in [2.05, 4.69) is 15.0 Å². The molecule has 0 radical (unpaired) electrons. The molecule has 4 rings (SSSR count). The highest BCUT2D eigenvalue weighted by molar-refractivity contribution is 5.84. The molecule has 1 aliphatic carbocycles. The second-order valence-electron chi connectivity index (χ2n) is 6.73. The zero-order valence-corrected chi connectivity index (χ0v) is 14.2. The highest BCUT2D eigenvalue weighted by atomic mass is 19.1. The van der Waals surface area contributed by atoms with Gasteiger partial charge in [0.1, 0.15) is 11.6 Å². The lowest BCUT2D eigenvalue weighted by molar-refractivity contribution is 0.206. The van der Waals surface area contributed by atoms with Gasteiger partial charge >= 0.3 is 0 Å². The summed E-state index contributed by atoms with van der Waals surface area (Å²) in [5.74, 6) is 0.572. The van der Waals surface area contributed by atoms with Gasteiger partial charge in [-0.25, -0.2) is 14.4 Å². The molecule has 0 saturated heterocycles. The lowest BCUT2D eigenvalue weighted by Crippen LogP contribution is -2.17. The highest BCUT2D eigenvalue weighted by Crippen LogP contribution is 2.36. The number of aromatic nitrogens is 2. The Bertz CT molecular complexity index is 830. The molecule has 0 unspecified atom stereocenters. The molecule has 0 bridgehead atoms. The van der Waals surface area contributed by atoms with Gasteiger partial charge in [-0.05, 0) is 38.7 Å². The Morgan fingerprint density at radius 3 is 2.80 bits per heavy atom. The summed E-state index contributed by atoms with van der Waals surface area (Å²) in [6, 6.07) is 4.54. The number of rotatable bonds is 3. The zero-order valence-electron chi connectivity index (χ0n) is 14.2. The van der Waals surface area contributed by atoms with Crippen LogP contribution in [-0.4, -0.2) is 22.3 Å². The largest absolute Gasteiger partial charge is 0.490 e. The molecule has 0 amide bonds. The normalized spacial score (nSPS) is 19.8. The van der Waals surface area contributed by atoms with E-state index in [9.17, 15) is 4.39 Å². The van der Waals surface area contributed by atoms with Crippen LogP contribution in [-0.2, 0) is 6.42 Å². The van der Waals surface area contributed by atoms with E-state index in [0.29, 0.717) is 12.2 Å². The molecule has 25 heavy (non-hydrogen) atoms. The maximum atomic E-state index is 13.8. The number of benzene rings is 1. The maximum Gasteiger partial charge on any atom is 0.220 e. The van der Waals surface area contributed by atoms with Crippen LogP contribution < -0.4 is 10.5 Å². The van der Waals surface area contributed by atoms with Crippen LogP contribution in [0.15, 0.2) is 23.2 Å². The van der Waals surface area contributed by atoms with Gasteiger partial charge in [0.25, 0.3) is 0 Å². The van der Waals surface area contributed by atoms with Crippen LogP contribution in [0.1, 0.15) is 54.2 Å². The van der Waals surface area contributed by atoms with Gasteiger partial charge in [0, 0.05) is 29.8 Å². The highest BCUT2D eigenvalue weighted by Gasteiger charge is 2.25. The van der Waals surface area contributed by atoms with Crippen molar-refractivity contribution >= 4 is 12.2 Å². The standard InChI is InChI=1S/C19H21FN4O/c1-11-15-10-22-16(9-17(15)24-19(21)23-11)14-7-6-12(20)8-18(14)25-13-4-2-3-5-13/h6-8,10,13,16H,2-5,9H2,1H3,(H2,21,23,24)/t16-/m1/s1. The number of ether oxygens (including phenoxy) is 1. The van der Waals surface area contributed by atoms with Crippen molar-refractivity contribution in [1.82, 2.24) is 9.97 Å². The van der Waals surface area contributed by atoms with Crippen LogP contribution in [0, 0.1) is 12.7 Å². The lowest BCUT2D eigenvalue weighted by atomic mass is 9.96. The van der Waals surface area contributed by atoms with Gasteiger partial charge in [0.15, 0.2) is 0 Å². The summed E-state index contributed by atoms with van der Waals surface area (Å²) in [6.45, 7) is 1.90. The average molecular weight is 340 g/mol. The quantitative estimate of drug-likeness (QED) is 0.927. The monoisotopic (exact) mass is 340 g/mol. The van der Waals surface area contributed by atoms with E-state index in [0.717, 1.165) is 35.4 Å². The molecular formula is C19H21FN4O. The molecule has 1 fully saturated rings. The summed E-state index contributed by atoms with van der Waals surface area (Å²) >= 11 is 0. The Balaban J connectivity index is 1.66. The number of nitrogens with two attached hydrogens (primary N) is 1. The van der Waals surface area contributed by atoms with Crippen molar-refractivity contribution in [2.24, 2.45) is 4.99 Å². The topological polar surface area (TPSA) is 73.4 Å². The van der Waals surface area contributed by atoms with Crippen molar-refractivity contribution in [3.63, 3.8) is 0 Å². The first-order chi connectivity index (χ1) is 12.1. The summed E-state index contributed by atoms with van der Waals surface area (Å²) < 4.78 is 19.9. The average Bonchev–Trinajstić information content (AvgIpc) is 3.07. The molecule has 1 aromatic carbocycles. The third-order valence-corrected chi connectivity index (χ3v) is 4.93. The van der Waals surface area contributed by atoms with Gasteiger partial charge in [-0.15, -0.1) is 0 Å². The molecule has 1 aliphatic heterocycles. The third kappa shape index (κ3) is 3.21. The van der Waals surface area contributed by atoms with Gasteiger partial charge in [0.05, 0.1) is 23.5 Å². The van der Waals surface area contributed by atoms with Crippen molar-refractivity contribution in [3.8, 4) is 5.75 Å². The molecule has 6 heteroatoms. The first-order valence-electron chi connectivity index (χ1n) is 8.72. The molecular weight excluding hydrogens is 319 g/mol. The molecule has 1 atom stereocenters. The molecule has 2 heterocycles. The van der Waals surface area contributed by atoms with Gasteiger partial charge in [-0.1, -0.05) is 6.07 Å². The van der Waals surface area contributed by atoms with E-state index < -0.39 is 0 Å². The van der Waals surface area contributed by atoms with Crippen LogP contribution in [0.5, 0.6) is 5.75 Å². The van der Waals surface area contributed by atoms with Gasteiger partial charge in [-0.2, -0.15) is 0 Å². The Hall–Kier alpha value is -2.50. The first kappa shape index (κ1) is 16.0. The molecule has 130 valence electrons. The molecule has 2 aliphatic rings. The van der Waals surface area contributed by atoms with E-state index in [1.807, 2.05) is 6.92 Å². The zero-order chi connectivity index (χ0) is 17.4. The molecule has 2 aromatic rings. The fraction of sp³-hybridized carbons (Fsp3) is 0.421.